The summed E-state index contributed by atoms with van der Waals surface area (Å²) in [6.45, 7) is 16.3. The molecule has 0 spiro atoms. The Kier molecular flexibility index (Phi) is 9.39. The molecule has 0 saturated carbocycles. The predicted octanol–water partition coefficient (Wildman–Crippen LogP) is 2.89. The molecule has 0 N–H and O–H groups in total. The maximum atomic E-state index is 12.4. The molecule has 32 heavy (non-hydrogen) atoms. The number of likely N-dealkylation sites (N-methyl/N-ethyl adjacent to an activating group) is 2. The molecule has 0 bridgehead atoms. The summed E-state index contributed by atoms with van der Waals surface area (Å²) in [5, 5.41) is 0.797. The average Bonchev–Trinajstić information content (AvgIpc) is 3.18. The van der Waals surface area contributed by atoms with Crippen LogP contribution in [0.1, 0.15) is 54.4 Å². The van der Waals surface area contributed by atoms with Crippen molar-refractivity contribution in [2.75, 3.05) is 52.6 Å². The Bertz CT molecular complexity index is 669. The quantitative estimate of drug-likeness (QED) is 0.224. The van der Waals surface area contributed by atoms with Gasteiger partial charge in [-0.2, -0.15) is 0 Å². The molecule has 2 aliphatic heterocycles. The number of hydrogen-bond acceptors (Lipinski definition) is 6. The fourth-order valence-electron chi connectivity index (χ4n) is 3.98. The van der Waals surface area contributed by atoms with Crippen molar-refractivity contribution in [3.8, 4) is 0 Å². The van der Waals surface area contributed by atoms with Gasteiger partial charge in [-0.25, -0.2) is 4.79 Å². The van der Waals surface area contributed by atoms with E-state index in [-0.39, 0.29) is 24.0 Å². The first-order valence-electron chi connectivity index (χ1n) is 11.4. The zero-order valence-electron chi connectivity index (χ0n) is 20.3. The summed E-state index contributed by atoms with van der Waals surface area (Å²) in [4.78, 5) is 32.6. The van der Waals surface area contributed by atoms with Crippen LogP contribution in [-0.2, 0) is 14.3 Å². The molecule has 8 nitrogen and oxygen atoms in total. The smallest absolute Gasteiger partial charge is 0.327 e. The molecule has 0 aromatic carbocycles. The van der Waals surface area contributed by atoms with Crippen LogP contribution in [-0.4, -0.2) is 105 Å². The minimum absolute atomic E-state index is 0.146. The summed E-state index contributed by atoms with van der Waals surface area (Å²) in [6.07, 6.45) is 1.37. The van der Waals surface area contributed by atoms with Crippen LogP contribution in [0.15, 0.2) is 0 Å². The van der Waals surface area contributed by atoms with Crippen molar-refractivity contribution in [1.29, 1.82) is 0 Å². The fraction of sp³-hybridized carbons (Fsp3) is 0.818. The number of carbonyl (C=O) groups excluding carboxylic acids is 2. The first-order chi connectivity index (χ1) is 15.0. The van der Waals surface area contributed by atoms with E-state index in [1.807, 2.05) is 20.8 Å². The Labute approximate surface area is 203 Å². The Hall–Kier alpha value is -1.36. The number of amides is 3. The van der Waals surface area contributed by atoms with Crippen LogP contribution in [0.4, 0.5) is 4.79 Å². The number of nitrogens with zero attached hydrogens (tertiary/aromatic N) is 4. The van der Waals surface area contributed by atoms with Gasteiger partial charge in [-0.15, -0.1) is 0 Å². The molecule has 0 atom stereocenters. The maximum Gasteiger partial charge on any atom is 0.327 e. The lowest BCUT2D eigenvalue weighted by Crippen LogP contribution is -2.49. The van der Waals surface area contributed by atoms with Crippen LogP contribution in [0.3, 0.4) is 0 Å². The molecule has 2 saturated heterocycles. The van der Waals surface area contributed by atoms with Crippen molar-refractivity contribution in [1.82, 2.24) is 19.6 Å². The van der Waals surface area contributed by atoms with Crippen LogP contribution < -0.4 is 0 Å². The number of hydrogen-bond donors (Lipinski definition) is 0. The van der Waals surface area contributed by atoms with Gasteiger partial charge in [0.2, 0.25) is 0 Å². The first-order valence-corrected chi connectivity index (χ1v) is 12.2. The highest BCUT2D eigenvalue weighted by molar-refractivity contribution is 7.82. The standard InChI is InChI=1S/C22H38N4O4S2/c1-7-23-15-17(27)25(19(23)28)21(3,4)9-11-29-13-14-30-12-10-22(5,6)26-18(31)16-24(8-2)20(26)32/h7-16H2,1-6H3. The fourth-order valence-corrected chi connectivity index (χ4v) is 5.07. The van der Waals surface area contributed by atoms with Gasteiger partial charge < -0.3 is 24.2 Å². The summed E-state index contributed by atoms with van der Waals surface area (Å²) < 4.78 is 11.5. The third-order valence-electron chi connectivity index (χ3n) is 6.14. The molecule has 0 aromatic heterocycles. The van der Waals surface area contributed by atoms with E-state index in [2.05, 4.69) is 30.6 Å². The molecule has 182 valence electrons. The van der Waals surface area contributed by atoms with E-state index in [0.29, 0.717) is 45.9 Å². The highest BCUT2D eigenvalue weighted by atomic mass is 32.1. The van der Waals surface area contributed by atoms with E-state index < -0.39 is 5.54 Å². The summed E-state index contributed by atoms with van der Waals surface area (Å²) in [5.41, 5.74) is -0.786. The molecule has 2 heterocycles. The van der Waals surface area contributed by atoms with E-state index in [4.69, 9.17) is 33.9 Å². The molecule has 0 radical (unpaired) electrons. The van der Waals surface area contributed by atoms with E-state index in [0.717, 1.165) is 23.1 Å². The van der Waals surface area contributed by atoms with Crippen molar-refractivity contribution in [3.05, 3.63) is 0 Å². The van der Waals surface area contributed by atoms with Gasteiger partial charge in [0.1, 0.15) is 11.5 Å². The van der Waals surface area contributed by atoms with Crippen molar-refractivity contribution < 1.29 is 19.1 Å². The zero-order chi connectivity index (χ0) is 24.1. The molecule has 3 amide bonds. The van der Waals surface area contributed by atoms with Crippen LogP contribution in [0, 0.1) is 0 Å². The lowest BCUT2D eigenvalue weighted by Gasteiger charge is -2.36. The van der Waals surface area contributed by atoms with Gasteiger partial charge >= 0.3 is 6.03 Å². The minimum Gasteiger partial charge on any atom is -0.379 e. The molecule has 2 fully saturated rings. The number of rotatable bonds is 13. The number of thiocarbonyl (C=S) groups is 2. The summed E-state index contributed by atoms with van der Waals surface area (Å²) in [6, 6.07) is -0.215. The van der Waals surface area contributed by atoms with Crippen molar-refractivity contribution in [2.45, 2.75) is 65.5 Å². The van der Waals surface area contributed by atoms with Crippen molar-refractivity contribution in [3.63, 3.8) is 0 Å². The molecule has 0 aromatic rings. The summed E-state index contributed by atoms with van der Waals surface area (Å²) >= 11 is 11.1. The van der Waals surface area contributed by atoms with Gasteiger partial charge in [-0.05, 0) is 66.6 Å². The third-order valence-corrected chi connectivity index (χ3v) is 6.89. The van der Waals surface area contributed by atoms with Crippen LogP contribution in [0.2, 0.25) is 0 Å². The Morgan fingerprint density at radius 3 is 1.72 bits per heavy atom. The topological polar surface area (TPSA) is 65.6 Å². The molecule has 0 aliphatic carbocycles. The van der Waals surface area contributed by atoms with E-state index in [1.165, 1.54) is 4.90 Å². The molecular formula is C22H38N4O4S2. The predicted molar refractivity (Wildman–Crippen MR) is 133 cm³/mol. The Balaban J connectivity index is 1.65. The molecular weight excluding hydrogens is 448 g/mol. The highest BCUT2D eigenvalue weighted by Gasteiger charge is 2.43. The van der Waals surface area contributed by atoms with Gasteiger partial charge in [-0.3, -0.25) is 9.69 Å². The number of imide groups is 1. The van der Waals surface area contributed by atoms with Gasteiger partial charge in [0.05, 0.1) is 19.8 Å². The van der Waals surface area contributed by atoms with Crippen LogP contribution >= 0.6 is 24.4 Å². The molecule has 0 unspecified atom stereocenters. The van der Waals surface area contributed by atoms with E-state index in [1.54, 1.807) is 4.90 Å². The van der Waals surface area contributed by atoms with Gasteiger partial charge in [0.25, 0.3) is 5.91 Å². The molecule has 2 rings (SSSR count). The summed E-state index contributed by atoms with van der Waals surface area (Å²) in [7, 11) is 0. The average molecular weight is 487 g/mol. The minimum atomic E-state index is -0.581. The van der Waals surface area contributed by atoms with Gasteiger partial charge in [0.15, 0.2) is 5.11 Å². The number of carbonyl (C=O) groups is 2. The number of ether oxygens (including phenoxy) is 2. The largest absolute Gasteiger partial charge is 0.379 e. The van der Waals surface area contributed by atoms with E-state index in [9.17, 15) is 9.59 Å². The van der Waals surface area contributed by atoms with Crippen molar-refractivity contribution >= 4 is 46.5 Å². The van der Waals surface area contributed by atoms with Gasteiger partial charge in [-0.1, -0.05) is 12.2 Å². The van der Waals surface area contributed by atoms with Crippen molar-refractivity contribution in [2.24, 2.45) is 0 Å². The van der Waals surface area contributed by atoms with Crippen LogP contribution in [0.25, 0.3) is 0 Å². The van der Waals surface area contributed by atoms with Crippen LogP contribution in [0.5, 0.6) is 0 Å². The molecule has 10 heteroatoms. The first kappa shape index (κ1) is 26.9. The second-order valence-corrected chi connectivity index (χ2v) is 10.2. The highest BCUT2D eigenvalue weighted by Crippen LogP contribution is 2.27. The zero-order valence-corrected chi connectivity index (χ0v) is 21.9. The Morgan fingerprint density at radius 1 is 0.781 bits per heavy atom. The lowest BCUT2D eigenvalue weighted by atomic mass is 9.99. The molecule has 2 aliphatic rings. The summed E-state index contributed by atoms with van der Waals surface area (Å²) in [5.74, 6) is -0.146. The maximum absolute atomic E-state index is 12.4. The second-order valence-electron chi connectivity index (χ2n) is 9.40. The normalized spacial score (nSPS) is 18.1. The van der Waals surface area contributed by atoms with Gasteiger partial charge in [0, 0.05) is 37.4 Å². The SMILES string of the molecule is CCN1CC(=O)N(C(C)(C)CCOCCOCCC(C)(C)N2C(=S)CN(CC)C2=S)C1=O. The Morgan fingerprint density at radius 2 is 1.28 bits per heavy atom. The monoisotopic (exact) mass is 486 g/mol. The van der Waals surface area contributed by atoms with E-state index >= 15 is 0 Å². The number of urea groups is 1. The lowest BCUT2D eigenvalue weighted by molar-refractivity contribution is -0.129. The third kappa shape index (κ3) is 6.15. The second kappa shape index (κ2) is 11.2.